The number of aliphatic hydroxyl groups is 1. The highest BCUT2D eigenvalue weighted by Gasteiger charge is 2.21. The Bertz CT molecular complexity index is 295. The standard InChI is InChI=1S/C10H19N3O2/c1-4-10(14,5-2)7-11-6-9-8(3)12-15-13-9/h11,14H,4-7H2,1-3H3. The third-order valence-corrected chi connectivity index (χ3v) is 2.81. The van der Waals surface area contributed by atoms with Crippen molar-refractivity contribution in [3.63, 3.8) is 0 Å². The lowest BCUT2D eigenvalue weighted by atomic mass is 9.98. The molecule has 0 saturated heterocycles. The lowest BCUT2D eigenvalue weighted by Crippen LogP contribution is -2.39. The van der Waals surface area contributed by atoms with E-state index in [2.05, 4.69) is 20.3 Å². The second-order valence-electron chi connectivity index (χ2n) is 3.83. The Labute approximate surface area is 89.8 Å². The van der Waals surface area contributed by atoms with Crippen molar-refractivity contribution in [3.8, 4) is 0 Å². The molecular weight excluding hydrogens is 194 g/mol. The van der Waals surface area contributed by atoms with Gasteiger partial charge in [-0.25, -0.2) is 4.63 Å². The first-order chi connectivity index (χ1) is 7.11. The van der Waals surface area contributed by atoms with Gasteiger partial charge >= 0.3 is 0 Å². The molecule has 5 nitrogen and oxygen atoms in total. The summed E-state index contributed by atoms with van der Waals surface area (Å²) in [6, 6.07) is 0. The van der Waals surface area contributed by atoms with E-state index >= 15 is 0 Å². The molecule has 0 aliphatic carbocycles. The van der Waals surface area contributed by atoms with Crippen molar-refractivity contribution in [1.29, 1.82) is 0 Å². The van der Waals surface area contributed by atoms with Crippen LogP contribution in [0, 0.1) is 6.92 Å². The monoisotopic (exact) mass is 213 g/mol. The van der Waals surface area contributed by atoms with Gasteiger partial charge in [0.25, 0.3) is 0 Å². The minimum atomic E-state index is -0.620. The van der Waals surface area contributed by atoms with E-state index < -0.39 is 5.60 Å². The maximum atomic E-state index is 10.0. The van der Waals surface area contributed by atoms with Crippen molar-refractivity contribution in [1.82, 2.24) is 15.6 Å². The molecule has 0 bridgehead atoms. The molecule has 0 radical (unpaired) electrons. The summed E-state index contributed by atoms with van der Waals surface area (Å²) in [5.74, 6) is 0. The molecule has 0 aliphatic heterocycles. The van der Waals surface area contributed by atoms with Gasteiger partial charge in [-0.05, 0) is 19.8 Å². The first-order valence-corrected chi connectivity index (χ1v) is 5.32. The molecule has 0 aliphatic rings. The first-order valence-electron chi connectivity index (χ1n) is 5.32. The number of hydrogen-bond donors (Lipinski definition) is 2. The number of aryl methyl sites for hydroxylation is 1. The predicted molar refractivity (Wildman–Crippen MR) is 56.3 cm³/mol. The van der Waals surface area contributed by atoms with Crippen molar-refractivity contribution in [2.75, 3.05) is 6.54 Å². The zero-order valence-corrected chi connectivity index (χ0v) is 9.58. The van der Waals surface area contributed by atoms with Crippen LogP contribution in [0.3, 0.4) is 0 Å². The minimum absolute atomic E-state index is 0.562. The van der Waals surface area contributed by atoms with Crippen molar-refractivity contribution in [3.05, 3.63) is 11.4 Å². The fourth-order valence-corrected chi connectivity index (χ4v) is 1.32. The number of aromatic nitrogens is 2. The molecular formula is C10H19N3O2. The molecule has 5 heteroatoms. The maximum absolute atomic E-state index is 10.0. The fourth-order valence-electron chi connectivity index (χ4n) is 1.32. The first kappa shape index (κ1) is 12.1. The quantitative estimate of drug-likeness (QED) is 0.738. The van der Waals surface area contributed by atoms with Gasteiger partial charge in [-0.1, -0.05) is 24.2 Å². The molecule has 86 valence electrons. The number of rotatable bonds is 6. The molecule has 2 N–H and O–H groups in total. The van der Waals surface area contributed by atoms with Gasteiger partial charge in [-0.15, -0.1) is 0 Å². The number of hydrogen-bond acceptors (Lipinski definition) is 5. The van der Waals surface area contributed by atoms with Crippen molar-refractivity contribution < 1.29 is 9.74 Å². The Hall–Kier alpha value is -0.940. The average Bonchev–Trinajstić information content (AvgIpc) is 2.64. The van der Waals surface area contributed by atoms with Crippen molar-refractivity contribution in [2.45, 2.75) is 45.8 Å². The summed E-state index contributed by atoms with van der Waals surface area (Å²) >= 11 is 0. The van der Waals surface area contributed by atoms with Crippen LogP contribution in [0.25, 0.3) is 0 Å². The zero-order valence-electron chi connectivity index (χ0n) is 9.58. The average molecular weight is 213 g/mol. The molecule has 0 amide bonds. The van der Waals surface area contributed by atoms with Gasteiger partial charge in [-0.2, -0.15) is 0 Å². The zero-order chi connectivity index (χ0) is 11.3. The van der Waals surface area contributed by atoms with E-state index in [4.69, 9.17) is 0 Å². The van der Waals surface area contributed by atoms with Gasteiger partial charge in [-0.3, -0.25) is 0 Å². The van der Waals surface area contributed by atoms with Gasteiger partial charge in [0.2, 0.25) is 0 Å². The molecule has 0 aromatic carbocycles. The van der Waals surface area contributed by atoms with Gasteiger partial charge in [0, 0.05) is 13.1 Å². The van der Waals surface area contributed by atoms with E-state index in [1.54, 1.807) is 0 Å². The lowest BCUT2D eigenvalue weighted by Gasteiger charge is -2.25. The van der Waals surface area contributed by atoms with Crippen molar-refractivity contribution >= 4 is 0 Å². The molecule has 0 spiro atoms. The highest BCUT2D eigenvalue weighted by atomic mass is 16.6. The third kappa shape index (κ3) is 3.28. The van der Waals surface area contributed by atoms with Crippen molar-refractivity contribution in [2.24, 2.45) is 0 Å². The summed E-state index contributed by atoms with van der Waals surface area (Å²) in [5, 5.41) is 20.6. The van der Waals surface area contributed by atoms with Crippen LogP contribution in [0.5, 0.6) is 0 Å². The molecule has 0 unspecified atom stereocenters. The van der Waals surface area contributed by atoms with Gasteiger partial charge < -0.3 is 10.4 Å². The third-order valence-electron chi connectivity index (χ3n) is 2.81. The van der Waals surface area contributed by atoms with Crippen LogP contribution >= 0.6 is 0 Å². The van der Waals surface area contributed by atoms with Gasteiger partial charge in [0.1, 0.15) is 11.4 Å². The molecule has 0 fully saturated rings. The topological polar surface area (TPSA) is 71.2 Å². The Morgan fingerprint density at radius 1 is 1.33 bits per heavy atom. The second kappa shape index (κ2) is 5.23. The van der Waals surface area contributed by atoms with Crippen LogP contribution in [0.15, 0.2) is 4.63 Å². The van der Waals surface area contributed by atoms with Crippen LogP contribution in [-0.4, -0.2) is 27.6 Å². The molecule has 1 heterocycles. The Morgan fingerprint density at radius 2 is 2.00 bits per heavy atom. The summed E-state index contributed by atoms with van der Waals surface area (Å²) in [6.07, 6.45) is 1.49. The number of nitrogens with zero attached hydrogens (tertiary/aromatic N) is 2. The molecule has 0 saturated carbocycles. The Balaban J connectivity index is 2.36. The highest BCUT2D eigenvalue weighted by molar-refractivity contribution is 5.03. The maximum Gasteiger partial charge on any atom is 0.121 e. The van der Waals surface area contributed by atoms with Crippen LogP contribution in [0.4, 0.5) is 0 Å². The summed E-state index contributed by atoms with van der Waals surface area (Å²) in [6.45, 7) is 6.95. The smallest absolute Gasteiger partial charge is 0.121 e. The molecule has 1 aromatic rings. The largest absolute Gasteiger partial charge is 0.389 e. The summed E-state index contributed by atoms with van der Waals surface area (Å²) in [5.41, 5.74) is 0.967. The fraction of sp³-hybridized carbons (Fsp3) is 0.800. The molecule has 1 aromatic heterocycles. The van der Waals surface area contributed by atoms with Crippen LogP contribution < -0.4 is 5.32 Å². The molecule has 1 rings (SSSR count). The lowest BCUT2D eigenvalue weighted by molar-refractivity contribution is 0.0321. The van der Waals surface area contributed by atoms with E-state index in [0.29, 0.717) is 13.1 Å². The highest BCUT2D eigenvalue weighted by Crippen LogP contribution is 2.13. The van der Waals surface area contributed by atoms with Gasteiger partial charge in [0.05, 0.1) is 5.60 Å². The minimum Gasteiger partial charge on any atom is -0.389 e. The van der Waals surface area contributed by atoms with E-state index in [9.17, 15) is 5.11 Å². The molecule has 0 atom stereocenters. The van der Waals surface area contributed by atoms with Gasteiger partial charge in [0.15, 0.2) is 0 Å². The SMILES string of the molecule is CCC(O)(CC)CNCc1nonc1C. The molecule has 15 heavy (non-hydrogen) atoms. The number of nitrogens with one attached hydrogen (secondary N) is 1. The van der Waals surface area contributed by atoms with E-state index in [0.717, 1.165) is 24.2 Å². The summed E-state index contributed by atoms with van der Waals surface area (Å²) in [7, 11) is 0. The van der Waals surface area contributed by atoms with Crippen LogP contribution in [0.2, 0.25) is 0 Å². The van der Waals surface area contributed by atoms with E-state index in [1.807, 2.05) is 20.8 Å². The summed E-state index contributed by atoms with van der Waals surface area (Å²) in [4.78, 5) is 0. The van der Waals surface area contributed by atoms with Crippen LogP contribution in [0.1, 0.15) is 38.1 Å². The Kier molecular flexibility index (Phi) is 4.23. The predicted octanol–water partition coefficient (Wildman–Crippen LogP) is 1.02. The second-order valence-corrected chi connectivity index (χ2v) is 3.83. The summed E-state index contributed by atoms with van der Waals surface area (Å²) < 4.78 is 4.58. The Morgan fingerprint density at radius 3 is 2.47 bits per heavy atom. The van der Waals surface area contributed by atoms with E-state index in [1.165, 1.54) is 0 Å². The van der Waals surface area contributed by atoms with Crippen LogP contribution in [-0.2, 0) is 6.54 Å². The van der Waals surface area contributed by atoms with E-state index in [-0.39, 0.29) is 0 Å². The normalized spacial score (nSPS) is 12.0.